The lowest BCUT2D eigenvalue weighted by Gasteiger charge is -2.32. The molecule has 2 unspecified atom stereocenters. The average Bonchev–Trinajstić information content (AvgIpc) is 2.38. The Morgan fingerprint density at radius 3 is 2.60 bits per heavy atom. The van der Waals surface area contributed by atoms with Crippen molar-refractivity contribution in [2.75, 3.05) is 20.8 Å². The number of aliphatic hydroxyl groups excluding tert-OH is 1. The Hall–Kier alpha value is -1.10. The van der Waals surface area contributed by atoms with Crippen LogP contribution in [0, 0.1) is 5.92 Å². The Labute approximate surface area is 122 Å². The molecule has 1 rings (SSSR count). The molecular weight excluding hydrogens is 252 g/mol. The highest BCUT2D eigenvalue weighted by Crippen LogP contribution is 2.16. The van der Waals surface area contributed by atoms with Crippen molar-refractivity contribution in [3.8, 4) is 5.75 Å². The number of aliphatic hydroxyl groups is 1. The molecule has 4 nitrogen and oxygen atoms in total. The van der Waals surface area contributed by atoms with Crippen LogP contribution in [-0.4, -0.2) is 42.9 Å². The molecule has 0 saturated heterocycles. The molecule has 20 heavy (non-hydrogen) atoms. The summed E-state index contributed by atoms with van der Waals surface area (Å²) in [6, 6.07) is 7.93. The number of nitrogens with two attached hydrogens (primary N) is 1. The molecule has 0 aliphatic carbocycles. The SMILES string of the molecule is COc1cccc(CN(C)C(CO)C(N)CC(C)C)c1. The van der Waals surface area contributed by atoms with E-state index < -0.39 is 0 Å². The Bertz CT molecular complexity index is 396. The molecule has 3 N–H and O–H groups in total. The molecule has 0 bridgehead atoms. The van der Waals surface area contributed by atoms with Crippen molar-refractivity contribution < 1.29 is 9.84 Å². The van der Waals surface area contributed by atoms with Gasteiger partial charge in [0.2, 0.25) is 0 Å². The molecule has 2 atom stereocenters. The van der Waals surface area contributed by atoms with Crippen LogP contribution >= 0.6 is 0 Å². The van der Waals surface area contributed by atoms with Crippen LogP contribution < -0.4 is 10.5 Å². The van der Waals surface area contributed by atoms with E-state index in [1.165, 1.54) is 0 Å². The van der Waals surface area contributed by atoms with Crippen LogP contribution in [0.25, 0.3) is 0 Å². The first-order valence-corrected chi connectivity index (χ1v) is 7.17. The third kappa shape index (κ3) is 5.12. The minimum atomic E-state index is -0.0244. The standard InChI is InChI=1S/C16H28N2O2/c1-12(2)8-15(17)16(11-19)18(3)10-13-6-5-7-14(9-13)20-4/h5-7,9,12,15-16,19H,8,10-11,17H2,1-4H3. The number of ether oxygens (including phenoxy) is 1. The molecule has 1 aromatic carbocycles. The Kier molecular flexibility index (Phi) is 6.99. The first-order chi connectivity index (χ1) is 9.47. The van der Waals surface area contributed by atoms with Gasteiger partial charge in [-0.1, -0.05) is 26.0 Å². The predicted molar refractivity (Wildman–Crippen MR) is 82.8 cm³/mol. The van der Waals surface area contributed by atoms with Crippen LogP contribution in [0.5, 0.6) is 5.75 Å². The van der Waals surface area contributed by atoms with Gasteiger partial charge in [0.15, 0.2) is 0 Å². The fourth-order valence-corrected chi connectivity index (χ4v) is 2.48. The Morgan fingerprint density at radius 2 is 2.05 bits per heavy atom. The Balaban J connectivity index is 2.68. The van der Waals surface area contributed by atoms with Crippen molar-refractivity contribution in [3.05, 3.63) is 29.8 Å². The lowest BCUT2D eigenvalue weighted by Crippen LogP contribution is -2.48. The van der Waals surface area contributed by atoms with Crippen LogP contribution in [0.3, 0.4) is 0 Å². The molecular formula is C16H28N2O2. The van der Waals surface area contributed by atoms with Gasteiger partial charge in [-0.15, -0.1) is 0 Å². The lowest BCUT2D eigenvalue weighted by molar-refractivity contribution is 0.114. The number of likely N-dealkylation sites (N-methyl/N-ethyl adjacent to an activating group) is 1. The summed E-state index contributed by atoms with van der Waals surface area (Å²) < 4.78 is 5.23. The molecule has 0 spiro atoms. The summed E-state index contributed by atoms with van der Waals surface area (Å²) in [7, 11) is 3.67. The van der Waals surface area contributed by atoms with Crippen molar-refractivity contribution in [2.45, 2.75) is 38.9 Å². The zero-order valence-electron chi connectivity index (χ0n) is 13.0. The third-order valence-electron chi connectivity index (χ3n) is 3.56. The zero-order valence-corrected chi connectivity index (χ0v) is 13.0. The van der Waals surface area contributed by atoms with E-state index in [9.17, 15) is 5.11 Å². The maximum atomic E-state index is 9.61. The molecule has 4 heteroatoms. The number of hydrogen-bond acceptors (Lipinski definition) is 4. The highest BCUT2D eigenvalue weighted by Gasteiger charge is 2.22. The number of methoxy groups -OCH3 is 1. The third-order valence-corrected chi connectivity index (χ3v) is 3.56. The molecule has 0 heterocycles. The van der Waals surface area contributed by atoms with E-state index in [0.29, 0.717) is 5.92 Å². The fourth-order valence-electron chi connectivity index (χ4n) is 2.48. The van der Waals surface area contributed by atoms with Gasteiger partial charge >= 0.3 is 0 Å². The van der Waals surface area contributed by atoms with Gasteiger partial charge in [-0.25, -0.2) is 0 Å². The van der Waals surface area contributed by atoms with E-state index in [-0.39, 0.29) is 18.7 Å². The summed E-state index contributed by atoms with van der Waals surface area (Å²) in [5.74, 6) is 1.38. The summed E-state index contributed by atoms with van der Waals surface area (Å²) in [6.07, 6.45) is 0.910. The maximum Gasteiger partial charge on any atom is 0.119 e. The number of hydrogen-bond donors (Lipinski definition) is 2. The topological polar surface area (TPSA) is 58.7 Å². The summed E-state index contributed by atoms with van der Waals surface area (Å²) >= 11 is 0. The van der Waals surface area contributed by atoms with Crippen LogP contribution in [0.4, 0.5) is 0 Å². The molecule has 0 fully saturated rings. The molecule has 0 amide bonds. The van der Waals surface area contributed by atoms with E-state index in [0.717, 1.165) is 24.3 Å². The second-order valence-electron chi connectivity index (χ2n) is 5.81. The normalized spacial score (nSPS) is 14.6. The minimum absolute atomic E-state index is 0.0180. The van der Waals surface area contributed by atoms with Gasteiger partial charge in [-0.2, -0.15) is 0 Å². The molecule has 114 valence electrons. The van der Waals surface area contributed by atoms with Crippen LogP contribution in [0.2, 0.25) is 0 Å². The van der Waals surface area contributed by atoms with Crippen molar-refractivity contribution in [2.24, 2.45) is 11.7 Å². The van der Waals surface area contributed by atoms with E-state index >= 15 is 0 Å². The van der Waals surface area contributed by atoms with E-state index in [4.69, 9.17) is 10.5 Å². The number of benzene rings is 1. The van der Waals surface area contributed by atoms with Crippen LogP contribution in [-0.2, 0) is 6.54 Å². The van der Waals surface area contributed by atoms with Crippen molar-refractivity contribution in [3.63, 3.8) is 0 Å². The molecule has 0 saturated carbocycles. The molecule has 0 radical (unpaired) electrons. The zero-order chi connectivity index (χ0) is 15.1. The predicted octanol–water partition coefficient (Wildman–Crippen LogP) is 1.86. The molecule has 0 aromatic heterocycles. The summed E-state index contributed by atoms with van der Waals surface area (Å²) in [4.78, 5) is 2.11. The fraction of sp³-hybridized carbons (Fsp3) is 0.625. The molecule has 0 aliphatic heterocycles. The van der Waals surface area contributed by atoms with Gasteiger partial charge in [0.25, 0.3) is 0 Å². The van der Waals surface area contributed by atoms with Gasteiger partial charge in [-0.3, -0.25) is 4.90 Å². The summed E-state index contributed by atoms with van der Waals surface area (Å²) in [6.45, 7) is 5.12. The highest BCUT2D eigenvalue weighted by molar-refractivity contribution is 5.28. The Morgan fingerprint density at radius 1 is 1.35 bits per heavy atom. The summed E-state index contributed by atoms with van der Waals surface area (Å²) in [5.41, 5.74) is 7.37. The second-order valence-corrected chi connectivity index (χ2v) is 5.81. The van der Waals surface area contributed by atoms with E-state index in [1.54, 1.807) is 7.11 Å². The van der Waals surface area contributed by atoms with Crippen LogP contribution in [0.1, 0.15) is 25.8 Å². The number of rotatable bonds is 8. The van der Waals surface area contributed by atoms with Gasteiger partial charge in [0.1, 0.15) is 5.75 Å². The largest absolute Gasteiger partial charge is 0.497 e. The van der Waals surface area contributed by atoms with Crippen molar-refractivity contribution in [1.82, 2.24) is 4.90 Å². The van der Waals surface area contributed by atoms with Gasteiger partial charge in [-0.05, 0) is 37.1 Å². The van der Waals surface area contributed by atoms with Gasteiger partial charge in [0.05, 0.1) is 13.7 Å². The van der Waals surface area contributed by atoms with Gasteiger partial charge in [0, 0.05) is 18.6 Å². The van der Waals surface area contributed by atoms with Gasteiger partial charge < -0.3 is 15.6 Å². The smallest absolute Gasteiger partial charge is 0.119 e. The first-order valence-electron chi connectivity index (χ1n) is 7.17. The highest BCUT2D eigenvalue weighted by atomic mass is 16.5. The van der Waals surface area contributed by atoms with Crippen molar-refractivity contribution >= 4 is 0 Å². The van der Waals surface area contributed by atoms with Crippen LogP contribution in [0.15, 0.2) is 24.3 Å². The summed E-state index contributed by atoms with van der Waals surface area (Å²) in [5, 5.41) is 9.61. The number of nitrogens with zero attached hydrogens (tertiary/aromatic N) is 1. The minimum Gasteiger partial charge on any atom is -0.497 e. The average molecular weight is 280 g/mol. The van der Waals surface area contributed by atoms with E-state index in [2.05, 4.69) is 24.8 Å². The van der Waals surface area contributed by atoms with Crippen molar-refractivity contribution in [1.29, 1.82) is 0 Å². The second kappa shape index (κ2) is 8.25. The maximum absolute atomic E-state index is 9.61. The first kappa shape index (κ1) is 17.0. The monoisotopic (exact) mass is 280 g/mol. The lowest BCUT2D eigenvalue weighted by atomic mass is 9.97. The van der Waals surface area contributed by atoms with E-state index in [1.807, 2.05) is 25.2 Å². The molecule has 0 aliphatic rings. The molecule has 1 aromatic rings. The quantitative estimate of drug-likeness (QED) is 0.763.